The van der Waals surface area contributed by atoms with Gasteiger partial charge in [-0.1, -0.05) is 25.4 Å². The van der Waals surface area contributed by atoms with E-state index in [4.69, 9.17) is 22.1 Å². The number of carbonyl (C=O) groups excluding carboxylic acids is 1. The zero-order valence-electron chi connectivity index (χ0n) is 16.5. The molecule has 28 heavy (non-hydrogen) atoms. The highest BCUT2D eigenvalue weighted by Gasteiger charge is 2.20. The van der Waals surface area contributed by atoms with Gasteiger partial charge in [0.2, 0.25) is 0 Å². The first-order chi connectivity index (χ1) is 12.3. The molecular formula is C19H28Cl3N3O2S. The number of aryl methyl sites for hydroxylation is 1. The smallest absolute Gasteiger partial charge is 0.265 e. The Labute approximate surface area is 188 Å². The number of halogens is 3. The molecule has 2 aromatic rings. The molecule has 0 aliphatic rings. The van der Waals surface area contributed by atoms with Crippen LogP contribution < -0.4 is 10.5 Å². The Hall–Kier alpha value is -1.05. The van der Waals surface area contributed by atoms with Crippen molar-refractivity contribution in [3.8, 4) is 5.75 Å². The van der Waals surface area contributed by atoms with E-state index in [1.807, 2.05) is 6.92 Å². The molecule has 1 heterocycles. The maximum Gasteiger partial charge on any atom is 0.265 e. The number of benzene rings is 1. The van der Waals surface area contributed by atoms with Gasteiger partial charge >= 0.3 is 0 Å². The topological polar surface area (TPSA) is 68.5 Å². The largest absolute Gasteiger partial charge is 0.486 e. The first kappa shape index (κ1) is 27.0. The molecule has 0 bridgehead atoms. The van der Waals surface area contributed by atoms with Crippen LogP contribution in [0.4, 0.5) is 0 Å². The molecule has 0 fully saturated rings. The lowest BCUT2D eigenvalue weighted by atomic mass is 10.0. The minimum absolute atomic E-state index is 0. The second-order valence-corrected chi connectivity index (χ2v) is 8.21. The lowest BCUT2D eigenvalue weighted by Crippen LogP contribution is -2.34. The Morgan fingerprint density at radius 1 is 1.29 bits per heavy atom. The summed E-state index contributed by atoms with van der Waals surface area (Å²) in [6.07, 6.45) is 0.782. The second-order valence-electron chi connectivity index (χ2n) is 6.69. The first-order valence-electron chi connectivity index (χ1n) is 8.63. The Balaban J connectivity index is 0.00000364. The van der Waals surface area contributed by atoms with Crippen LogP contribution in [0, 0.1) is 12.8 Å². The Morgan fingerprint density at radius 3 is 2.46 bits per heavy atom. The van der Waals surface area contributed by atoms with Gasteiger partial charge in [0.25, 0.3) is 5.91 Å². The molecule has 0 spiro atoms. The van der Waals surface area contributed by atoms with Crippen LogP contribution in [-0.2, 0) is 6.61 Å². The number of aromatic nitrogens is 1. The van der Waals surface area contributed by atoms with E-state index in [1.54, 1.807) is 36.2 Å². The number of carbonyl (C=O) groups is 1. The zero-order valence-corrected chi connectivity index (χ0v) is 19.7. The molecule has 0 radical (unpaired) electrons. The number of rotatable bonds is 8. The van der Waals surface area contributed by atoms with E-state index < -0.39 is 0 Å². The normalized spacial score (nSPS) is 11.4. The maximum atomic E-state index is 12.7. The van der Waals surface area contributed by atoms with Gasteiger partial charge < -0.3 is 15.4 Å². The van der Waals surface area contributed by atoms with Crippen LogP contribution in [0.25, 0.3) is 0 Å². The van der Waals surface area contributed by atoms with Gasteiger partial charge in [-0.2, -0.15) is 0 Å². The zero-order chi connectivity index (χ0) is 19.3. The monoisotopic (exact) mass is 467 g/mol. The second kappa shape index (κ2) is 12.5. The number of thiazole rings is 1. The predicted octanol–water partition coefficient (Wildman–Crippen LogP) is 4.97. The van der Waals surface area contributed by atoms with E-state index in [0.717, 1.165) is 22.9 Å². The van der Waals surface area contributed by atoms with E-state index in [0.29, 0.717) is 29.0 Å². The van der Waals surface area contributed by atoms with Gasteiger partial charge in [0.15, 0.2) is 0 Å². The molecule has 1 aromatic carbocycles. The van der Waals surface area contributed by atoms with Gasteiger partial charge in [-0.3, -0.25) is 4.79 Å². The third kappa shape index (κ3) is 7.76. The highest BCUT2D eigenvalue weighted by Crippen LogP contribution is 2.22. The van der Waals surface area contributed by atoms with E-state index in [9.17, 15) is 4.79 Å². The molecule has 0 saturated heterocycles. The number of nitrogens with two attached hydrogens (primary N) is 1. The summed E-state index contributed by atoms with van der Waals surface area (Å²) in [6.45, 7) is 6.98. The molecule has 1 amide bonds. The van der Waals surface area contributed by atoms with Gasteiger partial charge in [-0.05, 0) is 43.5 Å². The number of ether oxygens (including phenoxy) is 1. The lowest BCUT2D eigenvalue weighted by molar-refractivity contribution is 0.0793. The summed E-state index contributed by atoms with van der Waals surface area (Å²) in [7, 11) is 1.80. The summed E-state index contributed by atoms with van der Waals surface area (Å²) in [4.78, 5) is 19.5. The average Bonchev–Trinajstić information content (AvgIpc) is 2.98. The molecular weight excluding hydrogens is 441 g/mol. The van der Waals surface area contributed by atoms with Crippen LogP contribution in [0.15, 0.2) is 24.3 Å². The number of hydrogen-bond acceptors (Lipinski definition) is 5. The molecule has 0 aliphatic heterocycles. The van der Waals surface area contributed by atoms with Crippen molar-refractivity contribution in [3.63, 3.8) is 0 Å². The number of nitrogens with zero attached hydrogens (tertiary/aromatic N) is 2. The minimum Gasteiger partial charge on any atom is -0.486 e. The standard InChI is InChI=1S/C19H26ClN3O2S.2ClH/c1-12(2)16(21)9-10-23(4)19(24)18-13(3)22-17(26-18)11-25-15-7-5-14(20)6-8-15;;/h5-8,12,16H,9-11,21H2,1-4H3;2*1H. The number of amides is 1. The molecule has 2 N–H and O–H groups in total. The fourth-order valence-electron chi connectivity index (χ4n) is 2.34. The quantitative estimate of drug-likeness (QED) is 0.593. The molecule has 9 heteroatoms. The van der Waals surface area contributed by atoms with Crippen molar-refractivity contribution in [2.75, 3.05) is 13.6 Å². The Kier molecular flexibility index (Phi) is 12.0. The van der Waals surface area contributed by atoms with Crippen LogP contribution in [0.5, 0.6) is 5.75 Å². The highest BCUT2D eigenvalue weighted by molar-refractivity contribution is 7.13. The Morgan fingerprint density at radius 2 is 1.89 bits per heavy atom. The Bertz CT molecular complexity index is 739. The van der Waals surface area contributed by atoms with Crippen molar-refractivity contribution in [2.45, 2.75) is 39.8 Å². The molecule has 1 unspecified atom stereocenters. The lowest BCUT2D eigenvalue weighted by Gasteiger charge is -2.21. The summed E-state index contributed by atoms with van der Waals surface area (Å²) < 4.78 is 5.71. The van der Waals surface area contributed by atoms with E-state index >= 15 is 0 Å². The van der Waals surface area contributed by atoms with E-state index in [2.05, 4.69) is 18.8 Å². The van der Waals surface area contributed by atoms with Gasteiger partial charge in [-0.15, -0.1) is 36.2 Å². The van der Waals surface area contributed by atoms with Crippen LogP contribution in [0.1, 0.15) is 40.6 Å². The fraction of sp³-hybridized carbons (Fsp3) is 0.474. The van der Waals surface area contributed by atoms with Crippen LogP contribution in [0.2, 0.25) is 5.02 Å². The summed E-state index contributed by atoms with van der Waals surface area (Å²) in [5.41, 5.74) is 6.80. The van der Waals surface area contributed by atoms with Gasteiger partial charge in [0.1, 0.15) is 22.2 Å². The van der Waals surface area contributed by atoms with Gasteiger partial charge in [0.05, 0.1) is 5.69 Å². The van der Waals surface area contributed by atoms with Crippen molar-refractivity contribution in [1.29, 1.82) is 0 Å². The fourth-order valence-corrected chi connectivity index (χ4v) is 3.44. The third-order valence-corrected chi connectivity index (χ3v) is 5.58. The molecule has 1 atom stereocenters. The molecule has 2 rings (SSSR count). The molecule has 0 aliphatic carbocycles. The van der Waals surface area contributed by atoms with Gasteiger partial charge in [-0.25, -0.2) is 4.98 Å². The first-order valence-corrected chi connectivity index (χ1v) is 9.83. The van der Waals surface area contributed by atoms with E-state index in [1.165, 1.54) is 11.3 Å². The summed E-state index contributed by atoms with van der Waals surface area (Å²) >= 11 is 7.24. The average molecular weight is 469 g/mol. The molecule has 5 nitrogen and oxygen atoms in total. The summed E-state index contributed by atoms with van der Waals surface area (Å²) in [5, 5.41) is 1.43. The number of hydrogen-bond donors (Lipinski definition) is 1. The van der Waals surface area contributed by atoms with Gasteiger partial charge in [0, 0.05) is 24.7 Å². The predicted molar refractivity (Wildman–Crippen MR) is 122 cm³/mol. The third-order valence-electron chi connectivity index (χ3n) is 4.21. The van der Waals surface area contributed by atoms with Crippen LogP contribution in [0.3, 0.4) is 0 Å². The van der Waals surface area contributed by atoms with E-state index in [-0.39, 0.29) is 36.8 Å². The van der Waals surface area contributed by atoms with Crippen LogP contribution >= 0.6 is 47.8 Å². The van der Waals surface area contributed by atoms with Crippen molar-refractivity contribution in [1.82, 2.24) is 9.88 Å². The summed E-state index contributed by atoms with van der Waals surface area (Å²) in [5.74, 6) is 1.10. The summed E-state index contributed by atoms with van der Waals surface area (Å²) in [6, 6.07) is 7.25. The minimum atomic E-state index is -0.0197. The molecule has 0 saturated carbocycles. The van der Waals surface area contributed by atoms with Crippen molar-refractivity contribution >= 4 is 53.7 Å². The van der Waals surface area contributed by atoms with Crippen LogP contribution in [-0.4, -0.2) is 35.4 Å². The molecule has 1 aromatic heterocycles. The maximum absolute atomic E-state index is 12.7. The highest BCUT2D eigenvalue weighted by atomic mass is 35.5. The van der Waals surface area contributed by atoms with Crippen molar-refractivity contribution < 1.29 is 9.53 Å². The SMILES string of the molecule is Cc1nc(COc2ccc(Cl)cc2)sc1C(=O)N(C)CCC(N)C(C)C.Cl.Cl. The van der Waals surface area contributed by atoms with Crippen molar-refractivity contribution in [2.24, 2.45) is 11.7 Å². The van der Waals surface area contributed by atoms with Crippen molar-refractivity contribution in [3.05, 3.63) is 44.9 Å². The molecule has 158 valence electrons.